The standard InChI is InChI=1S/C19H22O3/c1-3-4-14-21-19(20)15(2)22-18-12-10-17(11-13-18)16-8-6-5-7-9-16/h5-13,15H,3-4,14H2,1-2H3. The Bertz CT molecular complexity index is 575. The van der Waals surface area contributed by atoms with Crippen LogP contribution in [-0.2, 0) is 9.53 Å². The molecule has 0 aliphatic heterocycles. The number of carbonyl (C=O) groups excluding carboxylic acids is 1. The Labute approximate surface area is 131 Å². The van der Waals surface area contributed by atoms with E-state index >= 15 is 0 Å². The van der Waals surface area contributed by atoms with Crippen LogP contribution in [0.4, 0.5) is 0 Å². The molecule has 0 aliphatic carbocycles. The average Bonchev–Trinajstić information content (AvgIpc) is 2.56. The zero-order valence-corrected chi connectivity index (χ0v) is 13.1. The predicted molar refractivity (Wildman–Crippen MR) is 87.8 cm³/mol. The van der Waals surface area contributed by atoms with Crippen LogP contribution in [0.25, 0.3) is 11.1 Å². The number of benzene rings is 2. The van der Waals surface area contributed by atoms with Crippen molar-refractivity contribution >= 4 is 5.97 Å². The molecule has 2 aromatic carbocycles. The van der Waals surface area contributed by atoms with Gasteiger partial charge in [0.15, 0.2) is 6.10 Å². The maximum Gasteiger partial charge on any atom is 0.347 e. The summed E-state index contributed by atoms with van der Waals surface area (Å²) in [7, 11) is 0. The van der Waals surface area contributed by atoms with Crippen molar-refractivity contribution < 1.29 is 14.3 Å². The third-order valence-corrected chi connectivity index (χ3v) is 3.35. The average molecular weight is 298 g/mol. The Morgan fingerprint density at radius 3 is 2.27 bits per heavy atom. The molecule has 3 heteroatoms. The summed E-state index contributed by atoms with van der Waals surface area (Å²) >= 11 is 0. The maximum atomic E-state index is 11.8. The second-order valence-electron chi connectivity index (χ2n) is 5.17. The molecule has 0 saturated heterocycles. The summed E-state index contributed by atoms with van der Waals surface area (Å²) in [5.41, 5.74) is 2.27. The SMILES string of the molecule is CCCCOC(=O)C(C)Oc1ccc(-c2ccccc2)cc1. The zero-order valence-electron chi connectivity index (χ0n) is 13.1. The summed E-state index contributed by atoms with van der Waals surface area (Å²) in [6.07, 6.45) is 1.28. The first kappa shape index (κ1) is 16.1. The summed E-state index contributed by atoms with van der Waals surface area (Å²) in [6.45, 7) is 4.22. The third-order valence-electron chi connectivity index (χ3n) is 3.35. The molecule has 0 spiro atoms. The van der Waals surface area contributed by atoms with Gasteiger partial charge in [-0.05, 0) is 36.6 Å². The molecule has 2 rings (SSSR count). The van der Waals surface area contributed by atoms with E-state index in [2.05, 4.69) is 19.1 Å². The van der Waals surface area contributed by atoms with Crippen molar-refractivity contribution in [1.82, 2.24) is 0 Å². The van der Waals surface area contributed by atoms with Crippen LogP contribution < -0.4 is 4.74 Å². The van der Waals surface area contributed by atoms with E-state index in [0.29, 0.717) is 12.4 Å². The van der Waals surface area contributed by atoms with E-state index in [4.69, 9.17) is 9.47 Å². The van der Waals surface area contributed by atoms with Crippen molar-refractivity contribution in [3.05, 3.63) is 54.6 Å². The highest BCUT2D eigenvalue weighted by Crippen LogP contribution is 2.22. The fraction of sp³-hybridized carbons (Fsp3) is 0.316. The molecule has 0 aromatic heterocycles. The topological polar surface area (TPSA) is 35.5 Å². The van der Waals surface area contributed by atoms with Gasteiger partial charge in [-0.3, -0.25) is 0 Å². The largest absolute Gasteiger partial charge is 0.479 e. The second kappa shape index (κ2) is 8.23. The Morgan fingerprint density at radius 1 is 1.00 bits per heavy atom. The highest BCUT2D eigenvalue weighted by molar-refractivity contribution is 5.74. The molecule has 0 saturated carbocycles. The first-order valence-corrected chi connectivity index (χ1v) is 7.69. The Morgan fingerprint density at radius 2 is 1.64 bits per heavy atom. The molecule has 2 aromatic rings. The molecular weight excluding hydrogens is 276 g/mol. The van der Waals surface area contributed by atoms with Gasteiger partial charge in [0.2, 0.25) is 0 Å². The van der Waals surface area contributed by atoms with Gasteiger partial charge >= 0.3 is 5.97 Å². The van der Waals surface area contributed by atoms with Gasteiger partial charge in [0.05, 0.1) is 6.61 Å². The minimum absolute atomic E-state index is 0.319. The predicted octanol–water partition coefficient (Wildman–Crippen LogP) is 4.46. The van der Waals surface area contributed by atoms with Gasteiger partial charge in [0, 0.05) is 0 Å². The van der Waals surface area contributed by atoms with Crippen molar-refractivity contribution in [2.24, 2.45) is 0 Å². The molecule has 0 fully saturated rings. The Balaban J connectivity index is 1.92. The number of hydrogen-bond acceptors (Lipinski definition) is 3. The van der Waals surface area contributed by atoms with Crippen molar-refractivity contribution in [3.63, 3.8) is 0 Å². The smallest absolute Gasteiger partial charge is 0.347 e. The first-order chi connectivity index (χ1) is 10.7. The molecule has 0 N–H and O–H groups in total. The first-order valence-electron chi connectivity index (χ1n) is 7.69. The van der Waals surface area contributed by atoms with E-state index in [1.54, 1.807) is 6.92 Å². The molecular formula is C19H22O3. The van der Waals surface area contributed by atoms with E-state index in [0.717, 1.165) is 24.0 Å². The second-order valence-corrected chi connectivity index (χ2v) is 5.17. The van der Waals surface area contributed by atoms with E-state index < -0.39 is 6.10 Å². The van der Waals surface area contributed by atoms with E-state index in [1.165, 1.54) is 0 Å². The molecule has 1 unspecified atom stereocenters. The van der Waals surface area contributed by atoms with Crippen LogP contribution in [0.3, 0.4) is 0 Å². The maximum absolute atomic E-state index is 11.8. The molecule has 0 heterocycles. The van der Waals surface area contributed by atoms with Gasteiger partial charge in [-0.15, -0.1) is 0 Å². The number of esters is 1. The molecule has 0 aliphatic rings. The van der Waals surface area contributed by atoms with Gasteiger partial charge < -0.3 is 9.47 Å². The lowest BCUT2D eigenvalue weighted by Gasteiger charge is -2.14. The van der Waals surface area contributed by atoms with Crippen molar-refractivity contribution in [3.8, 4) is 16.9 Å². The summed E-state index contributed by atoms with van der Waals surface area (Å²) in [4.78, 5) is 11.8. The van der Waals surface area contributed by atoms with Crippen molar-refractivity contribution in [2.75, 3.05) is 6.61 Å². The molecule has 3 nitrogen and oxygen atoms in total. The molecule has 22 heavy (non-hydrogen) atoms. The molecule has 0 radical (unpaired) electrons. The lowest BCUT2D eigenvalue weighted by atomic mass is 10.1. The molecule has 0 amide bonds. The normalized spacial score (nSPS) is 11.7. The summed E-state index contributed by atoms with van der Waals surface area (Å²) in [5, 5.41) is 0. The Kier molecular flexibility index (Phi) is 6.01. The number of rotatable bonds is 7. The Hall–Kier alpha value is -2.29. The molecule has 1 atom stereocenters. The van der Waals surface area contributed by atoms with Crippen molar-refractivity contribution in [2.45, 2.75) is 32.8 Å². The quantitative estimate of drug-likeness (QED) is 0.559. The van der Waals surface area contributed by atoms with Crippen molar-refractivity contribution in [1.29, 1.82) is 0 Å². The van der Waals surface area contributed by atoms with Crippen LogP contribution in [0, 0.1) is 0 Å². The third kappa shape index (κ3) is 4.62. The summed E-state index contributed by atoms with van der Waals surface area (Å²) < 4.78 is 10.8. The van der Waals surface area contributed by atoms with Crippen LogP contribution in [0.2, 0.25) is 0 Å². The van der Waals surface area contributed by atoms with Crippen LogP contribution in [0.15, 0.2) is 54.6 Å². The van der Waals surface area contributed by atoms with Gasteiger partial charge in [-0.25, -0.2) is 4.79 Å². The number of unbranched alkanes of at least 4 members (excludes halogenated alkanes) is 1. The van der Waals surface area contributed by atoms with E-state index in [9.17, 15) is 4.79 Å². The fourth-order valence-corrected chi connectivity index (χ4v) is 2.04. The number of carbonyl (C=O) groups is 1. The summed E-state index contributed by atoms with van der Waals surface area (Å²) in [6, 6.07) is 17.8. The van der Waals surface area contributed by atoms with Crippen LogP contribution in [0.5, 0.6) is 5.75 Å². The van der Waals surface area contributed by atoms with Gasteiger partial charge in [0.25, 0.3) is 0 Å². The lowest BCUT2D eigenvalue weighted by molar-refractivity contribution is -0.151. The van der Waals surface area contributed by atoms with E-state index in [1.807, 2.05) is 42.5 Å². The monoisotopic (exact) mass is 298 g/mol. The fourth-order valence-electron chi connectivity index (χ4n) is 2.04. The van der Waals surface area contributed by atoms with Crippen LogP contribution >= 0.6 is 0 Å². The van der Waals surface area contributed by atoms with E-state index in [-0.39, 0.29) is 5.97 Å². The van der Waals surface area contributed by atoms with Gasteiger partial charge in [0.1, 0.15) is 5.75 Å². The van der Waals surface area contributed by atoms with Crippen LogP contribution in [-0.4, -0.2) is 18.7 Å². The molecule has 0 bridgehead atoms. The lowest BCUT2D eigenvalue weighted by Crippen LogP contribution is -2.26. The van der Waals surface area contributed by atoms with Crippen LogP contribution in [0.1, 0.15) is 26.7 Å². The number of hydrogen-bond donors (Lipinski definition) is 0. The van der Waals surface area contributed by atoms with Gasteiger partial charge in [-0.1, -0.05) is 55.8 Å². The van der Waals surface area contributed by atoms with Gasteiger partial charge in [-0.2, -0.15) is 0 Å². The highest BCUT2D eigenvalue weighted by Gasteiger charge is 2.15. The zero-order chi connectivity index (χ0) is 15.8. The minimum Gasteiger partial charge on any atom is -0.479 e. The number of ether oxygens (including phenoxy) is 2. The highest BCUT2D eigenvalue weighted by atomic mass is 16.6. The molecule has 116 valence electrons. The minimum atomic E-state index is -0.598. The summed E-state index contributed by atoms with van der Waals surface area (Å²) in [5.74, 6) is 0.347.